The third-order valence-corrected chi connectivity index (χ3v) is 9.17. The molecule has 0 spiro atoms. The highest BCUT2D eigenvalue weighted by Crippen LogP contribution is 2.40. The molecule has 0 saturated heterocycles. The van der Waals surface area contributed by atoms with Gasteiger partial charge in [-0.15, -0.1) is 10.2 Å². The molecule has 1 aliphatic carbocycles. The number of nitrogens with zero attached hydrogens (tertiary/aromatic N) is 4. The van der Waals surface area contributed by atoms with Crippen LogP contribution in [0.5, 0.6) is 5.75 Å². The van der Waals surface area contributed by atoms with Crippen molar-refractivity contribution < 1.29 is 18.4 Å². The number of rotatable bonds is 13. The maximum atomic E-state index is 13.7. The largest absolute Gasteiger partial charge is 0.493 e. The molecular weight excluding hydrogens is 624 g/mol. The minimum Gasteiger partial charge on any atom is -0.493 e. The van der Waals surface area contributed by atoms with Gasteiger partial charge in [0.15, 0.2) is 5.78 Å². The lowest BCUT2D eigenvalue weighted by atomic mass is 9.91. The Hall–Kier alpha value is -6.02. The predicted octanol–water partition coefficient (Wildman–Crippen LogP) is 8.93. The van der Waals surface area contributed by atoms with Gasteiger partial charge in [0.1, 0.15) is 11.5 Å². The lowest BCUT2D eigenvalue weighted by molar-refractivity contribution is 0.103. The van der Waals surface area contributed by atoms with Crippen molar-refractivity contribution >= 4 is 5.78 Å². The monoisotopic (exact) mass is 660 g/mol. The fourth-order valence-electron chi connectivity index (χ4n) is 6.36. The first-order chi connectivity index (χ1) is 24.6. The number of hydrogen-bond acceptors (Lipinski definition) is 7. The third kappa shape index (κ3) is 6.65. The minimum absolute atomic E-state index is 0.0259. The molecule has 1 saturated carbocycles. The van der Waals surface area contributed by atoms with Crippen molar-refractivity contribution in [3.8, 4) is 22.9 Å². The Morgan fingerprint density at radius 2 is 1.58 bits per heavy atom. The summed E-state index contributed by atoms with van der Waals surface area (Å²) in [4.78, 5) is 18.4. The maximum absolute atomic E-state index is 13.7. The zero-order valence-corrected chi connectivity index (χ0v) is 27.7. The molecular formula is C42H36N4O4. The Labute approximate surface area is 290 Å². The van der Waals surface area contributed by atoms with E-state index in [1.165, 1.54) is 0 Å². The Kier molecular flexibility index (Phi) is 8.65. The summed E-state index contributed by atoms with van der Waals surface area (Å²) >= 11 is 0. The molecule has 50 heavy (non-hydrogen) atoms. The zero-order chi connectivity index (χ0) is 33.9. The molecule has 1 aliphatic rings. The Bertz CT molecular complexity index is 2210. The smallest absolute Gasteiger partial charge is 0.226 e. The van der Waals surface area contributed by atoms with E-state index in [4.69, 9.17) is 18.6 Å². The molecule has 0 amide bonds. The maximum Gasteiger partial charge on any atom is 0.226 e. The summed E-state index contributed by atoms with van der Waals surface area (Å²) in [6.45, 7) is 2.40. The molecule has 3 aromatic heterocycles. The molecule has 0 N–H and O–H groups in total. The van der Waals surface area contributed by atoms with Crippen LogP contribution >= 0.6 is 0 Å². The second-order valence-electron chi connectivity index (χ2n) is 12.6. The van der Waals surface area contributed by atoms with Gasteiger partial charge in [-0.3, -0.25) is 4.79 Å². The Balaban J connectivity index is 1.05. The number of oxazole rings is 1. The van der Waals surface area contributed by atoms with Crippen molar-refractivity contribution in [2.75, 3.05) is 6.61 Å². The van der Waals surface area contributed by atoms with E-state index in [2.05, 4.69) is 33.0 Å². The lowest BCUT2D eigenvalue weighted by Crippen LogP contribution is -2.13. The predicted molar refractivity (Wildman–Crippen MR) is 190 cm³/mol. The number of hydrogen-bond donors (Lipinski definition) is 0. The van der Waals surface area contributed by atoms with Crippen molar-refractivity contribution in [1.29, 1.82) is 0 Å². The number of ketones is 1. The summed E-state index contributed by atoms with van der Waals surface area (Å²) in [6, 6.07) is 39.3. The SMILES string of the molecule is Cc1oc(-c2ccccc2)nc1CCOc1ccc(C(Cc2nnc(C3CC3)o2)c2cccn2-c2ccccc2C(=O)c2ccccc2)cc1. The third-order valence-electron chi connectivity index (χ3n) is 9.17. The summed E-state index contributed by atoms with van der Waals surface area (Å²) in [5.41, 5.74) is 6.01. The van der Waals surface area contributed by atoms with Crippen molar-refractivity contribution in [3.05, 3.63) is 173 Å². The molecule has 1 fully saturated rings. The first-order valence-electron chi connectivity index (χ1n) is 17.0. The Morgan fingerprint density at radius 3 is 2.36 bits per heavy atom. The number of carbonyl (C=O) groups is 1. The molecule has 4 aromatic carbocycles. The number of para-hydroxylation sites is 1. The van der Waals surface area contributed by atoms with Crippen LogP contribution in [-0.2, 0) is 12.8 Å². The van der Waals surface area contributed by atoms with Gasteiger partial charge in [0.25, 0.3) is 0 Å². The minimum atomic E-state index is -0.138. The van der Waals surface area contributed by atoms with E-state index in [-0.39, 0.29) is 11.7 Å². The standard InChI is InChI=1S/C42H36N4O4/c1-28-36(43-41(49-28)31-13-6-3-7-14-31)24-26-48-33-22-20-29(21-23-33)35(27-39-44-45-42(50-39)32-18-19-32)38-17-10-25-46(38)37-16-9-8-15-34(37)40(47)30-11-4-2-5-12-30/h2-17,20-23,25,32,35H,18-19,24,26-27H2,1H3. The molecule has 0 radical (unpaired) electrons. The molecule has 248 valence electrons. The van der Waals surface area contributed by atoms with Gasteiger partial charge in [-0.2, -0.15) is 0 Å². The summed E-state index contributed by atoms with van der Waals surface area (Å²) < 4.78 is 20.4. The van der Waals surface area contributed by atoms with Crippen molar-refractivity contribution in [2.45, 2.75) is 44.4 Å². The Morgan fingerprint density at radius 1 is 0.840 bits per heavy atom. The van der Waals surface area contributed by atoms with Gasteiger partial charge >= 0.3 is 0 Å². The van der Waals surface area contributed by atoms with E-state index in [9.17, 15) is 4.79 Å². The highest BCUT2D eigenvalue weighted by molar-refractivity contribution is 6.11. The normalized spacial score (nSPS) is 13.3. The van der Waals surface area contributed by atoms with Crippen molar-refractivity contribution in [1.82, 2.24) is 19.7 Å². The highest BCUT2D eigenvalue weighted by atomic mass is 16.5. The van der Waals surface area contributed by atoms with Gasteiger partial charge in [-0.25, -0.2) is 4.98 Å². The van der Waals surface area contributed by atoms with Crippen molar-refractivity contribution in [3.63, 3.8) is 0 Å². The van der Waals surface area contributed by atoms with Gasteiger partial charge in [0.05, 0.1) is 18.0 Å². The molecule has 8 nitrogen and oxygen atoms in total. The van der Waals surface area contributed by atoms with Gasteiger partial charge in [-0.1, -0.05) is 72.8 Å². The number of aryl methyl sites for hydroxylation is 1. The summed E-state index contributed by atoms with van der Waals surface area (Å²) in [7, 11) is 0. The first kappa shape index (κ1) is 31.3. The second kappa shape index (κ2) is 13.8. The van der Waals surface area contributed by atoms with Gasteiger partial charge in [0.2, 0.25) is 17.7 Å². The molecule has 8 rings (SSSR count). The average molecular weight is 661 g/mol. The molecule has 3 heterocycles. The van der Waals surface area contributed by atoms with E-state index >= 15 is 0 Å². The molecule has 1 unspecified atom stereocenters. The van der Waals surface area contributed by atoms with Crippen LogP contribution in [0.3, 0.4) is 0 Å². The number of carbonyl (C=O) groups excluding carboxylic acids is 1. The fourth-order valence-corrected chi connectivity index (χ4v) is 6.36. The molecule has 0 aliphatic heterocycles. The summed E-state index contributed by atoms with van der Waals surface area (Å²) in [5, 5.41) is 8.79. The van der Waals surface area contributed by atoms with Gasteiger partial charge < -0.3 is 18.1 Å². The van der Waals surface area contributed by atoms with E-state index in [1.807, 2.05) is 116 Å². The van der Waals surface area contributed by atoms with Crippen molar-refractivity contribution in [2.24, 2.45) is 0 Å². The van der Waals surface area contributed by atoms with E-state index in [0.29, 0.717) is 48.3 Å². The summed E-state index contributed by atoms with van der Waals surface area (Å²) in [6.07, 6.45) is 5.32. The lowest BCUT2D eigenvalue weighted by Gasteiger charge is -2.21. The van der Waals surface area contributed by atoms with Crippen LogP contribution in [0.2, 0.25) is 0 Å². The number of aromatic nitrogens is 4. The number of benzene rings is 4. The van der Waals surface area contributed by atoms with Crippen LogP contribution in [0.4, 0.5) is 0 Å². The fraction of sp³-hybridized carbons (Fsp3) is 0.190. The molecule has 1 atom stereocenters. The average Bonchev–Trinajstić information content (AvgIpc) is 3.52. The van der Waals surface area contributed by atoms with Crippen LogP contribution in [0.25, 0.3) is 17.1 Å². The second-order valence-corrected chi connectivity index (χ2v) is 12.6. The zero-order valence-electron chi connectivity index (χ0n) is 27.7. The van der Waals surface area contributed by atoms with Gasteiger partial charge in [-0.05, 0) is 73.9 Å². The van der Waals surface area contributed by atoms with Gasteiger partial charge in [0, 0.05) is 53.3 Å². The van der Waals surface area contributed by atoms with Crippen LogP contribution in [0.1, 0.15) is 75.1 Å². The molecule has 8 heteroatoms. The van der Waals surface area contributed by atoms with E-state index in [1.54, 1.807) is 0 Å². The first-order valence-corrected chi connectivity index (χ1v) is 17.0. The van der Waals surface area contributed by atoms with E-state index < -0.39 is 0 Å². The van der Waals surface area contributed by atoms with Crippen LogP contribution in [0.15, 0.2) is 136 Å². The quantitative estimate of drug-likeness (QED) is 0.114. The van der Waals surface area contributed by atoms with Crippen LogP contribution in [-0.4, -0.2) is 32.1 Å². The van der Waals surface area contributed by atoms with E-state index in [0.717, 1.165) is 58.4 Å². The number of ether oxygens (including phenoxy) is 1. The molecule has 0 bridgehead atoms. The summed E-state index contributed by atoms with van der Waals surface area (Å²) in [5.74, 6) is 3.70. The molecule has 7 aromatic rings. The van der Waals surface area contributed by atoms with Crippen LogP contribution < -0.4 is 4.74 Å². The topological polar surface area (TPSA) is 96.2 Å². The highest BCUT2D eigenvalue weighted by Gasteiger charge is 2.30. The van der Waals surface area contributed by atoms with Crippen LogP contribution in [0, 0.1) is 6.92 Å².